The monoisotopic (exact) mass is 240 g/mol. The summed E-state index contributed by atoms with van der Waals surface area (Å²) < 4.78 is 0. The highest BCUT2D eigenvalue weighted by molar-refractivity contribution is 4.89. The molecule has 0 radical (unpaired) electrons. The van der Waals surface area contributed by atoms with Gasteiger partial charge in [0.2, 0.25) is 0 Å². The van der Waals surface area contributed by atoms with E-state index in [4.69, 9.17) is 0 Å². The smallest absolute Gasteiger partial charge is 0.0280 e. The first kappa shape index (κ1) is 15.0. The standard InChI is InChI=1S/C15H32N2/c1-4-6-12-17(13-7-5-2)14-15(3)10-8-9-11-16-15/h16H,4-14H2,1-3H3. The quantitative estimate of drug-likeness (QED) is 0.699. The van der Waals surface area contributed by atoms with E-state index in [1.165, 1.54) is 71.1 Å². The van der Waals surface area contributed by atoms with Crippen LogP contribution in [0.3, 0.4) is 0 Å². The van der Waals surface area contributed by atoms with Crippen LogP contribution in [0.4, 0.5) is 0 Å². The Hall–Kier alpha value is -0.0800. The van der Waals surface area contributed by atoms with Crippen LogP contribution in [0.1, 0.15) is 65.7 Å². The summed E-state index contributed by atoms with van der Waals surface area (Å²) in [6.07, 6.45) is 9.43. The summed E-state index contributed by atoms with van der Waals surface area (Å²) in [5.41, 5.74) is 0.375. The summed E-state index contributed by atoms with van der Waals surface area (Å²) in [4.78, 5) is 2.69. The lowest BCUT2D eigenvalue weighted by Crippen LogP contribution is -2.54. The Kier molecular flexibility index (Phi) is 7.14. The maximum absolute atomic E-state index is 3.74. The Morgan fingerprint density at radius 2 is 1.71 bits per heavy atom. The van der Waals surface area contributed by atoms with Crippen molar-refractivity contribution in [3.8, 4) is 0 Å². The van der Waals surface area contributed by atoms with Crippen molar-refractivity contribution in [1.82, 2.24) is 10.2 Å². The number of nitrogens with one attached hydrogen (secondary N) is 1. The van der Waals surface area contributed by atoms with E-state index in [1.807, 2.05) is 0 Å². The Bertz CT molecular complexity index is 177. The third-order valence-electron chi connectivity index (χ3n) is 3.94. The maximum atomic E-state index is 3.74. The fourth-order valence-electron chi connectivity index (χ4n) is 2.78. The molecule has 1 heterocycles. The molecule has 0 spiro atoms. The molecule has 0 saturated carbocycles. The topological polar surface area (TPSA) is 15.3 Å². The zero-order chi connectivity index (χ0) is 12.6. The molecule has 0 aliphatic carbocycles. The molecule has 1 aliphatic rings. The molecular weight excluding hydrogens is 208 g/mol. The third kappa shape index (κ3) is 5.87. The molecule has 2 nitrogen and oxygen atoms in total. The van der Waals surface area contributed by atoms with E-state index in [1.54, 1.807) is 0 Å². The van der Waals surface area contributed by atoms with E-state index in [9.17, 15) is 0 Å². The summed E-state index contributed by atoms with van der Waals surface area (Å²) in [5, 5.41) is 3.74. The van der Waals surface area contributed by atoms with Crippen LogP contribution in [-0.4, -0.2) is 36.6 Å². The summed E-state index contributed by atoms with van der Waals surface area (Å²) in [6.45, 7) is 12.0. The van der Waals surface area contributed by atoms with Gasteiger partial charge in [-0.3, -0.25) is 0 Å². The van der Waals surface area contributed by atoms with Gasteiger partial charge in [0.1, 0.15) is 0 Å². The predicted octanol–water partition coefficient (Wildman–Crippen LogP) is 3.42. The summed E-state index contributed by atoms with van der Waals surface area (Å²) in [5.74, 6) is 0. The van der Waals surface area contributed by atoms with Gasteiger partial charge in [0, 0.05) is 12.1 Å². The first-order valence-electron chi connectivity index (χ1n) is 7.67. The van der Waals surface area contributed by atoms with Gasteiger partial charge in [-0.05, 0) is 52.2 Å². The lowest BCUT2D eigenvalue weighted by atomic mass is 9.90. The largest absolute Gasteiger partial charge is 0.310 e. The van der Waals surface area contributed by atoms with Crippen LogP contribution in [0.25, 0.3) is 0 Å². The minimum absolute atomic E-state index is 0.375. The van der Waals surface area contributed by atoms with Crippen molar-refractivity contribution >= 4 is 0 Å². The molecule has 0 aromatic heterocycles. The molecule has 1 N–H and O–H groups in total. The first-order valence-corrected chi connectivity index (χ1v) is 7.67. The van der Waals surface area contributed by atoms with Crippen LogP contribution in [0.15, 0.2) is 0 Å². The summed E-state index contributed by atoms with van der Waals surface area (Å²) in [7, 11) is 0. The average molecular weight is 240 g/mol. The van der Waals surface area contributed by atoms with E-state index in [0.29, 0.717) is 5.54 Å². The first-order chi connectivity index (χ1) is 8.20. The van der Waals surface area contributed by atoms with Gasteiger partial charge < -0.3 is 10.2 Å². The van der Waals surface area contributed by atoms with Crippen molar-refractivity contribution in [1.29, 1.82) is 0 Å². The van der Waals surface area contributed by atoms with Crippen LogP contribution in [0, 0.1) is 0 Å². The fourth-order valence-corrected chi connectivity index (χ4v) is 2.78. The van der Waals surface area contributed by atoms with Gasteiger partial charge in [-0.15, -0.1) is 0 Å². The number of hydrogen-bond acceptors (Lipinski definition) is 2. The van der Waals surface area contributed by atoms with Gasteiger partial charge in [-0.2, -0.15) is 0 Å². The van der Waals surface area contributed by atoms with Crippen molar-refractivity contribution < 1.29 is 0 Å². The number of nitrogens with zero attached hydrogens (tertiary/aromatic N) is 1. The second-order valence-corrected chi connectivity index (χ2v) is 5.93. The van der Waals surface area contributed by atoms with Gasteiger partial charge in [0.05, 0.1) is 0 Å². The minimum Gasteiger partial charge on any atom is -0.310 e. The Labute approximate surface area is 108 Å². The molecular formula is C15H32N2. The van der Waals surface area contributed by atoms with Crippen molar-refractivity contribution in [3.05, 3.63) is 0 Å². The fraction of sp³-hybridized carbons (Fsp3) is 1.00. The van der Waals surface area contributed by atoms with Gasteiger partial charge in [0.25, 0.3) is 0 Å². The van der Waals surface area contributed by atoms with Crippen LogP contribution in [0.2, 0.25) is 0 Å². The minimum atomic E-state index is 0.375. The second kappa shape index (κ2) is 8.10. The van der Waals surface area contributed by atoms with Gasteiger partial charge in [0.15, 0.2) is 0 Å². The number of hydrogen-bond donors (Lipinski definition) is 1. The second-order valence-electron chi connectivity index (χ2n) is 5.93. The normalized spacial score (nSPS) is 25.4. The molecule has 0 amide bonds. The van der Waals surface area contributed by atoms with Gasteiger partial charge in [-0.1, -0.05) is 33.1 Å². The molecule has 1 fully saturated rings. The van der Waals surface area contributed by atoms with Crippen molar-refractivity contribution in [2.45, 2.75) is 71.3 Å². The molecule has 1 unspecified atom stereocenters. The molecule has 1 atom stereocenters. The SMILES string of the molecule is CCCCN(CCCC)CC1(C)CCCCN1. The lowest BCUT2D eigenvalue weighted by molar-refractivity contribution is 0.160. The Morgan fingerprint density at radius 1 is 1.06 bits per heavy atom. The van der Waals surface area contributed by atoms with Crippen molar-refractivity contribution in [3.63, 3.8) is 0 Å². The van der Waals surface area contributed by atoms with E-state index < -0.39 is 0 Å². The van der Waals surface area contributed by atoms with E-state index >= 15 is 0 Å². The zero-order valence-electron chi connectivity index (χ0n) is 12.2. The molecule has 0 bridgehead atoms. The van der Waals surface area contributed by atoms with Gasteiger partial charge in [-0.25, -0.2) is 0 Å². The molecule has 1 saturated heterocycles. The lowest BCUT2D eigenvalue weighted by Gasteiger charge is -2.39. The maximum Gasteiger partial charge on any atom is 0.0280 e. The predicted molar refractivity (Wildman–Crippen MR) is 76.5 cm³/mol. The van der Waals surface area contributed by atoms with Crippen LogP contribution in [0.5, 0.6) is 0 Å². The van der Waals surface area contributed by atoms with Crippen molar-refractivity contribution in [2.24, 2.45) is 0 Å². The molecule has 0 aromatic carbocycles. The van der Waals surface area contributed by atoms with Crippen LogP contribution >= 0.6 is 0 Å². The summed E-state index contributed by atoms with van der Waals surface area (Å²) in [6, 6.07) is 0. The van der Waals surface area contributed by atoms with E-state index in [-0.39, 0.29) is 0 Å². The highest BCUT2D eigenvalue weighted by atomic mass is 15.2. The summed E-state index contributed by atoms with van der Waals surface area (Å²) >= 11 is 0. The average Bonchev–Trinajstić information content (AvgIpc) is 2.33. The van der Waals surface area contributed by atoms with Crippen molar-refractivity contribution in [2.75, 3.05) is 26.2 Å². The third-order valence-corrected chi connectivity index (χ3v) is 3.94. The molecule has 102 valence electrons. The molecule has 0 aromatic rings. The van der Waals surface area contributed by atoms with Gasteiger partial charge >= 0.3 is 0 Å². The molecule has 17 heavy (non-hydrogen) atoms. The Balaban J connectivity index is 2.38. The highest BCUT2D eigenvalue weighted by Crippen LogP contribution is 2.20. The Morgan fingerprint density at radius 3 is 2.18 bits per heavy atom. The van der Waals surface area contributed by atoms with E-state index in [2.05, 4.69) is 31.0 Å². The molecule has 1 rings (SSSR count). The highest BCUT2D eigenvalue weighted by Gasteiger charge is 2.28. The zero-order valence-corrected chi connectivity index (χ0v) is 12.2. The van der Waals surface area contributed by atoms with Crippen LogP contribution < -0.4 is 5.32 Å². The number of unbranched alkanes of at least 4 members (excludes halogenated alkanes) is 2. The molecule has 1 aliphatic heterocycles. The number of rotatable bonds is 8. The number of piperidine rings is 1. The van der Waals surface area contributed by atoms with Crippen LogP contribution in [-0.2, 0) is 0 Å². The van der Waals surface area contributed by atoms with E-state index in [0.717, 1.165) is 0 Å². The molecule has 2 heteroatoms.